The molecule has 0 heterocycles. The molecule has 0 aliphatic heterocycles. The molecule has 0 aromatic heterocycles. The lowest BCUT2D eigenvalue weighted by Crippen LogP contribution is -2.20. The van der Waals surface area contributed by atoms with E-state index in [2.05, 4.69) is 22.6 Å². The molecule has 0 bridgehead atoms. The number of hydrogen-bond acceptors (Lipinski definition) is 1. The first-order chi connectivity index (χ1) is 4.34. The van der Waals surface area contributed by atoms with Crippen LogP contribution in [0.4, 0.5) is 0 Å². The van der Waals surface area contributed by atoms with E-state index in [1.807, 2.05) is 0 Å². The van der Waals surface area contributed by atoms with Crippen LogP contribution in [-0.2, 0) is 0 Å². The molecule has 54 valence electrons. The second-order valence-corrected chi connectivity index (χ2v) is 4.40. The van der Waals surface area contributed by atoms with Crippen molar-refractivity contribution >= 4 is 22.6 Å². The number of hydrogen-bond donors (Lipinski definition) is 1. The van der Waals surface area contributed by atoms with E-state index >= 15 is 0 Å². The second kappa shape index (κ2) is 3.76. The van der Waals surface area contributed by atoms with E-state index in [0.717, 1.165) is 16.4 Å². The maximum Gasteiger partial charge on any atom is 0.0260 e. The molecule has 2 heteroatoms. The van der Waals surface area contributed by atoms with Crippen LogP contribution in [0.2, 0.25) is 0 Å². The Hall–Kier alpha value is 0.690. The molecule has 1 rings (SSSR count). The minimum Gasteiger partial charge on any atom is -0.329 e. The van der Waals surface area contributed by atoms with E-state index in [0.29, 0.717) is 0 Å². The Morgan fingerprint density at radius 3 is 2.44 bits per heavy atom. The van der Waals surface area contributed by atoms with Crippen molar-refractivity contribution in [3.05, 3.63) is 0 Å². The van der Waals surface area contributed by atoms with Crippen LogP contribution in [0.25, 0.3) is 0 Å². The molecular weight excluding hydrogens is 225 g/mol. The summed E-state index contributed by atoms with van der Waals surface area (Å²) < 4.78 is 0.741. The zero-order valence-corrected chi connectivity index (χ0v) is 7.80. The van der Waals surface area contributed by atoms with Gasteiger partial charge in [0.15, 0.2) is 0 Å². The zero-order valence-electron chi connectivity index (χ0n) is 5.65. The Bertz CT molecular complexity index is 79.0. The van der Waals surface area contributed by atoms with Gasteiger partial charge in [-0.2, -0.15) is 0 Å². The molecule has 0 radical (unpaired) electrons. The summed E-state index contributed by atoms with van der Waals surface area (Å²) in [6, 6.07) is 0. The molecule has 1 aliphatic carbocycles. The molecule has 1 aliphatic rings. The predicted molar refractivity (Wildman–Crippen MR) is 48.8 cm³/mol. The van der Waals surface area contributed by atoms with Crippen LogP contribution in [0.3, 0.4) is 0 Å². The molecule has 0 saturated heterocycles. The van der Waals surface area contributed by atoms with Gasteiger partial charge in [0.05, 0.1) is 0 Å². The van der Waals surface area contributed by atoms with E-state index in [9.17, 15) is 0 Å². The molecular formula is C7H14IN. The minimum absolute atomic E-state index is 0.741. The monoisotopic (exact) mass is 239 g/mol. The van der Waals surface area contributed by atoms with Crippen molar-refractivity contribution in [2.75, 3.05) is 6.54 Å². The SMILES string of the molecule is NCC(I)C1CCCC1. The lowest BCUT2D eigenvalue weighted by atomic mass is 10.0. The van der Waals surface area contributed by atoms with Crippen LogP contribution < -0.4 is 5.73 Å². The minimum atomic E-state index is 0.741. The van der Waals surface area contributed by atoms with Crippen LogP contribution >= 0.6 is 22.6 Å². The highest BCUT2D eigenvalue weighted by molar-refractivity contribution is 14.1. The van der Waals surface area contributed by atoms with Crippen molar-refractivity contribution < 1.29 is 0 Å². The van der Waals surface area contributed by atoms with Gasteiger partial charge in [-0.15, -0.1) is 0 Å². The van der Waals surface area contributed by atoms with Gasteiger partial charge in [0, 0.05) is 10.5 Å². The molecule has 0 spiro atoms. The summed E-state index contributed by atoms with van der Waals surface area (Å²) in [5, 5.41) is 0. The van der Waals surface area contributed by atoms with Gasteiger partial charge in [-0.1, -0.05) is 35.4 Å². The lowest BCUT2D eigenvalue weighted by Gasteiger charge is -2.13. The summed E-state index contributed by atoms with van der Waals surface area (Å²) in [6.45, 7) is 0.866. The number of alkyl halides is 1. The van der Waals surface area contributed by atoms with Crippen LogP contribution in [0.5, 0.6) is 0 Å². The molecule has 0 amide bonds. The topological polar surface area (TPSA) is 26.0 Å². The van der Waals surface area contributed by atoms with Gasteiger partial charge < -0.3 is 5.73 Å². The van der Waals surface area contributed by atoms with E-state index in [1.165, 1.54) is 25.7 Å². The summed E-state index contributed by atoms with van der Waals surface area (Å²) >= 11 is 2.48. The molecule has 1 saturated carbocycles. The summed E-state index contributed by atoms with van der Waals surface area (Å²) in [4.78, 5) is 0. The Morgan fingerprint density at radius 1 is 1.44 bits per heavy atom. The van der Waals surface area contributed by atoms with E-state index in [4.69, 9.17) is 5.73 Å². The number of rotatable bonds is 2. The average molecular weight is 239 g/mol. The van der Waals surface area contributed by atoms with Crippen molar-refractivity contribution in [2.45, 2.75) is 29.6 Å². The molecule has 2 N–H and O–H groups in total. The average Bonchev–Trinajstić information content (AvgIpc) is 2.37. The Kier molecular flexibility index (Phi) is 3.26. The van der Waals surface area contributed by atoms with Gasteiger partial charge in [0.25, 0.3) is 0 Å². The zero-order chi connectivity index (χ0) is 6.69. The van der Waals surface area contributed by atoms with Crippen molar-refractivity contribution in [3.8, 4) is 0 Å². The highest BCUT2D eigenvalue weighted by atomic mass is 127. The Balaban J connectivity index is 2.24. The smallest absolute Gasteiger partial charge is 0.0260 e. The predicted octanol–water partition coefficient (Wildman–Crippen LogP) is 1.94. The largest absolute Gasteiger partial charge is 0.329 e. The summed E-state index contributed by atoms with van der Waals surface area (Å²) in [5.74, 6) is 0.940. The van der Waals surface area contributed by atoms with Gasteiger partial charge >= 0.3 is 0 Å². The molecule has 0 aromatic rings. The first-order valence-corrected chi connectivity index (χ1v) is 4.93. The van der Waals surface area contributed by atoms with E-state index in [-0.39, 0.29) is 0 Å². The van der Waals surface area contributed by atoms with Gasteiger partial charge in [-0.3, -0.25) is 0 Å². The maximum absolute atomic E-state index is 5.54. The van der Waals surface area contributed by atoms with Gasteiger partial charge in [0.2, 0.25) is 0 Å². The summed E-state index contributed by atoms with van der Waals surface area (Å²) in [6.07, 6.45) is 5.71. The molecule has 1 atom stereocenters. The van der Waals surface area contributed by atoms with Crippen LogP contribution in [0.1, 0.15) is 25.7 Å². The summed E-state index contributed by atoms with van der Waals surface area (Å²) in [7, 11) is 0. The van der Waals surface area contributed by atoms with Crippen molar-refractivity contribution in [1.82, 2.24) is 0 Å². The molecule has 9 heavy (non-hydrogen) atoms. The Morgan fingerprint density at radius 2 is 2.00 bits per heavy atom. The quantitative estimate of drug-likeness (QED) is 0.578. The lowest BCUT2D eigenvalue weighted by molar-refractivity contribution is 0.540. The highest BCUT2D eigenvalue weighted by Crippen LogP contribution is 2.30. The second-order valence-electron chi connectivity index (χ2n) is 2.80. The van der Waals surface area contributed by atoms with Crippen LogP contribution in [0, 0.1) is 5.92 Å². The summed E-state index contributed by atoms with van der Waals surface area (Å²) in [5.41, 5.74) is 5.54. The maximum atomic E-state index is 5.54. The molecule has 1 nitrogen and oxygen atoms in total. The first kappa shape index (κ1) is 7.79. The number of halogens is 1. The normalized spacial score (nSPS) is 24.7. The third kappa shape index (κ3) is 2.08. The van der Waals surface area contributed by atoms with Gasteiger partial charge in [-0.25, -0.2) is 0 Å². The molecule has 1 unspecified atom stereocenters. The highest BCUT2D eigenvalue weighted by Gasteiger charge is 2.20. The molecule has 0 aromatic carbocycles. The van der Waals surface area contributed by atoms with Crippen LogP contribution in [-0.4, -0.2) is 10.5 Å². The number of nitrogens with two attached hydrogens (primary N) is 1. The van der Waals surface area contributed by atoms with Crippen LogP contribution in [0.15, 0.2) is 0 Å². The Labute approximate surface area is 70.5 Å². The van der Waals surface area contributed by atoms with Crippen molar-refractivity contribution in [2.24, 2.45) is 11.7 Å². The van der Waals surface area contributed by atoms with Crippen molar-refractivity contribution in [1.29, 1.82) is 0 Å². The third-order valence-electron chi connectivity index (χ3n) is 2.14. The first-order valence-electron chi connectivity index (χ1n) is 3.68. The fourth-order valence-electron chi connectivity index (χ4n) is 1.51. The van der Waals surface area contributed by atoms with E-state index in [1.54, 1.807) is 0 Å². The molecule has 1 fully saturated rings. The standard InChI is InChI=1S/C7H14IN/c8-7(5-9)6-3-1-2-4-6/h6-7H,1-5,9H2. The van der Waals surface area contributed by atoms with Gasteiger partial charge in [-0.05, 0) is 18.8 Å². The van der Waals surface area contributed by atoms with Crippen molar-refractivity contribution in [3.63, 3.8) is 0 Å². The van der Waals surface area contributed by atoms with Gasteiger partial charge in [0.1, 0.15) is 0 Å². The fraction of sp³-hybridized carbons (Fsp3) is 1.00. The third-order valence-corrected chi connectivity index (χ3v) is 3.66. The van der Waals surface area contributed by atoms with E-state index < -0.39 is 0 Å². The fourth-order valence-corrected chi connectivity index (χ4v) is 2.23.